The quantitative estimate of drug-likeness (QED) is 0.788. The number of hydrogen-bond donors (Lipinski definition) is 2. The third kappa shape index (κ3) is 4.21. The normalized spacial score (nSPS) is 10.3. The lowest BCUT2D eigenvalue weighted by Gasteiger charge is -2.11. The highest BCUT2D eigenvalue weighted by Crippen LogP contribution is 2.27. The predicted octanol–water partition coefficient (Wildman–Crippen LogP) is 4.33. The molecule has 2 rings (SSSR count). The Labute approximate surface area is 142 Å². The van der Waals surface area contributed by atoms with Crippen molar-refractivity contribution in [3.05, 3.63) is 57.3 Å². The molecular weight excluding hydrogens is 342 g/mol. The lowest BCUT2D eigenvalue weighted by atomic mass is 10.1. The van der Waals surface area contributed by atoms with Crippen molar-refractivity contribution >= 4 is 46.4 Å². The fourth-order valence-corrected chi connectivity index (χ4v) is 2.56. The highest BCUT2D eigenvalue weighted by molar-refractivity contribution is 6.45. The summed E-state index contributed by atoms with van der Waals surface area (Å²) in [7, 11) is 0. The van der Waals surface area contributed by atoms with Crippen LogP contribution in [-0.4, -0.2) is 11.8 Å². The molecule has 2 aromatic carbocycles. The highest BCUT2D eigenvalue weighted by Gasteiger charge is 2.17. The molecule has 7 heteroatoms. The van der Waals surface area contributed by atoms with E-state index in [1.807, 2.05) is 13.0 Å². The van der Waals surface area contributed by atoms with Crippen LogP contribution in [0, 0.1) is 19.7 Å². The molecule has 4 nitrogen and oxygen atoms in total. The Morgan fingerprint density at radius 2 is 1.61 bits per heavy atom. The summed E-state index contributed by atoms with van der Waals surface area (Å²) in [5.41, 5.74) is 2.26. The molecule has 0 unspecified atom stereocenters. The maximum atomic E-state index is 13.1. The predicted molar refractivity (Wildman–Crippen MR) is 89.6 cm³/mol. The molecule has 0 aliphatic carbocycles. The number of halogens is 3. The van der Waals surface area contributed by atoms with Crippen molar-refractivity contribution in [1.82, 2.24) is 0 Å². The summed E-state index contributed by atoms with van der Waals surface area (Å²) in [4.78, 5) is 23.9. The van der Waals surface area contributed by atoms with Gasteiger partial charge in [-0.3, -0.25) is 9.59 Å². The lowest BCUT2D eigenvalue weighted by Crippen LogP contribution is -2.29. The van der Waals surface area contributed by atoms with Crippen LogP contribution in [0.25, 0.3) is 0 Å². The second kappa shape index (κ2) is 6.98. The van der Waals surface area contributed by atoms with Gasteiger partial charge in [-0.2, -0.15) is 0 Å². The summed E-state index contributed by atoms with van der Waals surface area (Å²) in [5, 5.41) is 4.99. The number of rotatable bonds is 2. The molecule has 120 valence electrons. The molecular formula is C16H13Cl2FN2O2. The molecule has 0 spiro atoms. The largest absolute Gasteiger partial charge is 0.318 e. The summed E-state index contributed by atoms with van der Waals surface area (Å²) in [5.74, 6) is -2.42. The first-order valence-corrected chi connectivity index (χ1v) is 7.37. The second-order valence-corrected chi connectivity index (χ2v) is 5.79. The summed E-state index contributed by atoms with van der Waals surface area (Å²) in [6.07, 6.45) is 0. The van der Waals surface area contributed by atoms with E-state index in [-0.39, 0.29) is 10.7 Å². The van der Waals surface area contributed by atoms with Crippen LogP contribution in [0.3, 0.4) is 0 Å². The van der Waals surface area contributed by atoms with Gasteiger partial charge >= 0.3 is 11.8 Å². The first-order valence-electron chi connectivity index (χ1n) is 6.62. The topological polar surface area (TPSA) is 58.2 Å². The zero-order chi connectivity index (χ0) is 17.1. The number of carbonyl (C=O) groups excluding carboxylic acids is 2. The van der Waals surface area contributed by atoms with Gasteiger partial charge in [0.15, 0.2) is 0 Å². The van der Waals surface area contributed by atoms with Gasteiger partial charge in [0.25, 0.3) is 0 Å². The van der Waals surface area contributed by atoms with E-state index < -0.39 is 17.6 Å². The van der Waals surface area contributed by atoms with Gasteiger partial charge in [-0.15, -0.1) is 0 Å². The van der Waals surface area contributed by atoms with Gasteiger partial charge in [-0.1, -0.05) is 29.3 Å². The summed E-state index contributed by atoms with van der Waals surface area (Å²) >= 11 is 11.7. The van der Waals surface area contributed by atoms with Crippen molar-refractivity contribution in [2.75, 3.05) is 10.6 Å². The van der Waals surface area contributed by atoms with Gasteiger partial charge in [0.2, 0.25) is 0 Å². The number of carbonyl (C=O) groups is 2. The zero-order valence-electron chi connectivity index (χ0n) is 12.3. The van der Waals surface area contributed by atoms with Crippen molar-refractivity contribution < 1.29 is 14.0 Å². The fourth-order valence-electron chi connectivity index (χ4n) is 2.01. The lowest BCUT2D eigenvalue weighted by molar-refractivity contribution is -0.133. The Morgan fingerprint density at radius 1 is 0.957 bits per heavy atom. The Kier molecular flexibility index (Phi) is 5.23. The number of anilines is 2. The van der Waals surface area contributed by atoms with E-state index in [2.05, 4.69) is 10.6 Å². The van der Waals surface area contributed by atoms with Crippen LogP contribution in [0.1, 0.15) is 11.1 Å². The molecule has 2 aromatic rings. The first-order chi connectivity index (χ1) is 10.8. The third-order valence-electron chi connectivity index (χ3n) is 3.05. The van der Waals surface area contributed by atoms with Crippen LogP contribution < -0.4 is 10.6 Å². The third-order valence-corrected chi connectivity index (χ3v) is 3.64. The molecule has 0 saturated heterocycles. The molecule has 0 saturated carbocycles. The average molecular weight is 355 g/mol. The molecule has 23 heavy (non-hydrogen) atoms. The van der Waals surface area contributed by atoms with Gasteiger partial charge in [0, 0.05) is 5.69 Å². The molecule has 2 N–H and O–H groups in total. The minimum absolute atomic E-state index is 0.152. The number of amides is 2. The van der Waals surface area contributed by atoms with Crippen molar-refractivity contribution in [2.45, 2.75) is 13.8 Å². The summed E-state index contributed by atoms with van der Waals surface area (Å²) in [6, 6.07) is 7.13. The van der Waals surface area contributed by atoms with Gasteiger partial charge in [0.05, 0.1) is 15.7 Å². The number of hydrogen-bond acceptors (Lipinski definition) is 2. The van der Waals surface area contributed by atoms with E-state index >= 15 is 0 Å². The molecule has 0 aromatic heterocycles. The smallest absolute Gasteiger partial charge is 0.314 e. The minimum atomic E-state index is -0.913. The Hall–Kier alpha value is -2.11. The molecule has 0 heterocycles. The summed E-state index contributed by atoms with van der Waals surface area (Å²) < 4.78 is 13.1. The fraction of sp³-hybridized carbons (Fsp3) is 0.125. The second-order valence-electron chi connectivity index (χ2n) is 4.98. The molecule has 0 bridgehead atoms. The van der Waals surface area contributed by atoms with E-state index in [9.17, 15) is 14.0 Å². The van der Waals surface area contributed by atoms with Crippen molar-refractivity contribution in [1.29, 1.82) is 0 Å². The maximum Gasteiger partial charge on any atom is 0.314 e. The molecule has 0 aliphatic heterocycles. The highest BCUT2D eigenvalue weighted by atomic mass is 35.5. The molecule has 0 atom stereocenters. The van der Waals surface area contributed by atoms with Crippen molar-refractivity contribution in [3.63, 3.8) is 0 Å². The van der Waals surface area contributed by atoms with E-state index in [1.54, 1.807) is 13.0 Å². The average Bonchev–Trinajstić information content (AvgIpc) is 2.46. The van der Waals surface area contributed by atoms with E-state index in [0.717, 1.165) is 17.2 Å². The van der Waals surface area contributed by atoms with Gasteiger partial charge in [-0.05, 0) is 49.2 Å². The van der Waals surface area contributed by atoms with Crippen LogP contribution in [0.4, 0.5) is 15.8 Å². The molecule has 0 radical (unpaired) electrons. The van der Waals surface area contributed by atoms with Gasteiger partial charge in [-0.25, -0.2) is 4.39 Å². The Balaban J connectivity index is 2.11. The number of aryl methyl sites for hydroxylation is 2. The molecule has 0 fully saturated rings. The van der Waals surface area contributed by atoms with E-state index in [0.29, 0.717) is 10.7 Å². The van der Waals surface area contributed by atoms with E-state index in [1.165, 1.54) is 12.1 Å². The molecule has 2 amide bonds. The van der Waals surface area contributed by atoms with Crippen LogP contribution in [-0.2, 0) is 9.59 Å². The van der Waals surface area contributed by atoms with Crippen LogP contribution in [0.2, 0.25) is 10.0 Å². The number of nitrogens with one attached hydrogen (secondary N) is 2. The van der Waals surface area contributed by atoms with Crippen LogP contribution >= 0.6 is 23.2 Å². The minimum Gasteiger partial charge on any atom is -0.318 e. The van der Waals surface area contributed by atoms with Crippen LogP contribution in [0.5, 0.6) is 0 Å². The Morgan fingerprint density at radius 3 is 2.22 bits per heavy atom. The SMILES string of the molecule is Cc1cc(C)c(NC(=O)C(=O)Nc2ccc(F)c(Cl)c2)c(Cl)c1. The maximum absolute atomic E-state index is 13.1. The summed E-state index contributed by atoms with van der Waals surface area (Å²) in [6.45, 7) is 3.64. The van der Waals surface area contributed by atoms with Crippen LogP contribution in [0.15, 0.2) is 30.3 Å². The standard InChI is InChI=1S/C16H13Cl2FN2O2/c1-8-5-9(2)14(12(18)6-8)21-16(23)15(22)20-10-3-4-13(19)11(17)7-10/h3-7H,1-2H3,(H,20,22)(H,21,23). The van der Waals surface area contributed by atoms with E-state index in [4.69, 9.17) is 23.2 Å². The monoisotopic (exact) mass is 354 g/mol. The Bertz CT molecular complexity index is 771. The zero-order valence-corrected chi connectivity index (χ0v) is 13.8. The first kappa shape index (κ1) is 17.2. The van der Waals surface area contributed by atoms with Gasteiger partial charge in [0.1, 0.15) is 5.82 Å². The molecule has 0 aliphatic rings. The number of benzene rings is 2. The van der Waals surface area contributed by atoms with Crippen molar-refractivity contribution in [3.8, 4) is 0 Å². The van der Waals surface area contributed by atoms with Gasteiger partial charge < -0.3 is 10.6 Å². The van der Waals surface area contributed by atoms with Crippen molar-refractivity contribution in [2.24, 2.45) is 0 Å².